The van der Waals surface area contributed by atoms with Gasteiger partial charge in [-0.2, -0.15) is 0 Å². The second-order valence-electron chi connectivity index (χ2n) is 8.80. The second kappa shape index (κ2) is 9.85. The molecule has 2 aliphatic rings. The van der Waals surface area contributed by atoms with E-state index in [0.29, 0.717) is 47.3 Å². The number of aryl methyl sites for hydroxylation is 1. The Morgan fingerprint density at radius 1 is 1.11 bits per heavy atom. The van der Waals surface area contributed by atoms with Gasteiger partial charge >= 0.3 is 5.91 Å². The number of hydrogen-bond donors (Lipinski definition) is 1. The molecule has 9 nitrogen and oxygen atoms in total. The Kier molecular flexibility index (Phi) is 6.59. The van der Waals surface area contributed by atoms with Gasteiger partial charge in [-0.05, 0) is 69.2 Å². The Balaban J connectivity index is 1.69. The number of carbonyl (C=O) groups is 2. The molecule has 2 unspecified atom stereocenters. The summed E-state index contributed by atoms with van der Waals surface area (Å²) in [4.78, 5) is 28.1. The van der Waals surface area contributed by atoms with Crippen LogP contribution >= 0.6 is 11.3 Å². The highest BCUT2D eigenvalue weighted by molar-refractivity contribution is 7.15. The highest BCUT2D eigenvalue weighted by atomic mass is 32.1. The van der Waals surface area contributed by atoms with E-state index in [-0.39, 0.29) is 22.6 Å². The summed E-state index contributed by atoms with van der Waals surface area (Å²) in [6.07, 6.45) is 0.717. The summed E-state index contributed by atoms with van der Waals surface area (Å²) in [6.45, 7) is 8.31. The summed E-state index contributed by atoms with van der Waals surface area (Å²) in [5, 5.41) is 20.5. The number of rotatable bonds is 7. The number of aliphatic hydroxyl groups excluding tert-OH is 1. The molecule has 10 heteroatoms. The summed E-state index contributed by atoms with van der Waals surface area (Å²) < 4.78 is 17.3. The molecule has 2 aromatic carbocycles. The van der Waals surface area contributed by atoms with E-state index in [0.717, 1.165) is 11.3 Å². The minimum absolute atomic E-state index is 0.0273. The number of ether oxygens (including phenoxy) is 3. The average molecular weight is 522 g/mol. The molecule has 37 heavy (non-hydrogen) atoms. The fourth-order valence-corrected chi connectivity index (χ4v) is 5.41. The smallest absolute Gasteiger partial charge is 0.301 e. The lowest BCUT2D eigenvalue weighted by molar-refractivity contribution is -0.132. The van der Waals surface area contributed by atoms with Crippen LogP contribution in [-0.4, -0.2) is 46.3 Å². The molecule has 0 radical (unpaired) electrons. The molecule has 3 aromatic rings. The number of aromatic nitrogens is 2. The molecule has 0 spiro atoms. The molecule has 192 valence electrons. The van der Waals surface area contributed by atoms with Crippen LogP contribution < -0.4 is 19.1 Å². The van der Waals surface area contributed by atoms with Crippen molar-refractivity contribution in [3.05, 3.63) is 63.7 Å². The first-order chi connectivity index (χ1) is 17.8. The maximum Gasteiger partial charge on any atom is 0.301 e. The van der Waals surface area contributed by atoms with Crippen LogP contribution in [0.1, 0.15) is 48.5 Å². The van der Waals surface area contributed by atoms with E-state index in [1.165, 1.54) is 16.2 Å². The number of aliphatic hydroxyl groups is 1. The lowest BCUT2D eigenvalue weighted by Crippen LogP contribution is -2.29. The molecule has 1 amide bonds. The molecular formula is C27H27N3O6S. The Morgan fingerprint density at radius 3 is 2.57 bits per heavy atom. The van der Waals surface area contributed by atoms with E-state index in [1.807, 2.05) is 20.8 Å². The Labute approximate surface area is 218 Å². The third kappa shape index (κ3) is 4.42. The molecular weight excluding hydrogens is 494 g/mol. The van der Waals surface area contributed by atoms with Crippen LogP contribution in [-0.2, 0) is 16.0 Å². The van der Waals surface area contributed by atoms with E-state index in [4.69, 9.17) is 14.2 Å². The third-order valence-corrected chi connectivity index (χ3v) is 7.06. The van der Waals surface area contributed by atoms with Crippen molar-refractivity contribution >= 4 is 33.9 Å². The van der Waals surface area contributed by atoms with Gasteiger partial charge in [0.25, 0.3) is 5.78 Å². The van der Waals surface area contributed by atoms with Gasteiger partial charge in [0.1, 0.15) is 22.6 Å². The number of amides is 1. The third-order valence-electron chi connectivity index (χ3n) is 6.22. The first kappa shape index (κ1) is 24.8. The van der Waals surface area contributed by atoms with Gasteiger partial charge in [-0.15, -0.1) is 10.2 Å². The van der Waals surface area contributed by atoms with Crippen molar-refractivity contribution < 1.29 is 28.9 Å². The first-order valence-corrected chi connectivity index (χ1v) is 12.9. The fourth-order valence-electron chi connectivity index (χ4n) is 4.69. The van der Waals surface area contributed by atoms with Crippen LogP contribution in [0.4, 0.5) is 5.13 Å². The lowest BCUT2D eigenvalue weighted by atomic mass is 9.94. The number of hydrogen-bond acceptors (Lipinski definition) is 9. The quantitative estimate of drug-likeness (QED) is 0.273. The number of benzene rings is 2. The van der Waals surface area contributed by atoms with Gasteiger partial charge in [-0.3, -0.25) is 14.5 Å². The SMILES string of the molecule is CCOc1ccc(C2/C(=C(\O)c3ccc4c(c3)CC(C)O4)C(=O)C(=O)N2c2nnc(C)s2)cc1OCC. The second-order valence-corrected chi connectivity index (χ2v) is 9.96. The van der Waals surface area contributed by atoms with Crippen LogP contribution in [0.25, 0.3) is 5.76 Å². The lowest BCUT2D eigenvalue weighted by Gasteiger charge is -2.23. The van der Waals surface area contributed by atoms with E-state index in [1.54, 1.807) is 43.3 Å². The highest BCUT2D eigenvalue weighted by Gasteiger charge is 2.48. The summed E-state index contributed by atoms with van der Waals surface area (Å²) in [5.41, 5.74) is 1.90. The summed E-state index contributed by atoms with van der Waals surface area (Å²) in [5.74, 6) is -0.0754. The number of ketones is 1. The molecule has 5 rings (SSSR count). The standard InChI is InChI=1S/C27H27N3O6S/c1-5-34-20-10-7-16(13-21(20)35-6-2)23-22(25(32)26(33)30(23)27-29-28-15(4)37-27)24(31)17-8-9-19-18(12-17)11-14(3)36-19/h7-10,12-14,23,31H,5-6,11H2,1-4H3/b24-22+. The monoisotopic (exact) mass is 521 g/mol. The molecule has 1 saturated heterocycles. The predicted octanol–water partition coefficient (Wildman–Crippen LogP) is 4.59. The van der Waals surface area contributed by atoms with Crippen LogP contribution in [0.15, 0.2) is 42.0 Å². The largest absolute Gasteiger partial charge is 0.507 e. The highest BCUT2D eigenvalue weighted by Crippen LogP contribution is 2.45. The normalized spacial score (nSPS) is 20.2. The van der Waals surface area contributed by atoms with E-state index < -0.39 is 17.7 Å². The molecule has 2 atom stereocenters. The fraction of sp³-hybridized carbons (Fsp3) is 0.333. The van der Waals surface area contributed by atoms with Crippen molar-refractivity contribution in [1.82, 2.24) is 10.2 Å². The topological polar surface area (TPSA) is 111 Å². The number of carbonyl (C=O) groups excluding carboxylic acids is 2. The van der Waals surface area contributed by atoms with E-state index in [2.05, 4.69) is 10.2 Å². The molecule has 2 aliphatic heterocycles. The average Bonchev–Trinajstić information content (AvgIpc) is 3.54. The zero-order valence-electron chi connectivity index (χ0n) is 21.0. The van der Waals surface area contributed by atoms with Gasteiger partial charge in [0, 0.05) is 12.0 Å². The van der Waals surface area contributed by atoms with E-state index >= 15 is 0 Å². The Morgan fingerprint density at radius 2 is 1.86 bits per heavy atom. The maximum absolute atomic E-state index is 13.4. The van der Waals surface area contributed by atoms with Gasteiger partial charge in [-0.25, -0.2) is 0 Å². The molecule has 1 aromatic heterocycles. The Hall–Kier alpha value is -3.92. The number of nitrogens with zero attached hydrogens (tertiary/aromatic N) is 3. The summed E-state index contributed by atoms with van der Waals surface area (Å²) in [6, 6.07) is 9.56. The molecule has 0 bridgehead atoms. The van der Waals surface area contributed by atoms with Crippen LogP contribution in [0.3, 0.4) is 0 Å². The van der Waals surface area contributed by atoms with Crippen molar-refractivity contribution in [3.8, 4) is 17.2 Å². The molecule has 0 aliphatic carbocycles. The van der Waals surface area contributed by atoms with E-state index in [9.17, 15) is 14.7 Å². The zero-order valence-corrected chi connectivity index (χ0v) is 21.8. The maximum atomic E-state index is 13.4. The minimum Gasteiger partial charge on any atom is -0.507 e. The van der Waals surface area contributed by atoms with Crippen molar-refractivity contribution in [3.63, 3.8) is 0 Å². The van der Waals surface area contributed by atoms with Crippen molar-refractivity contribution in [2.45, 2.75) is 46.3 Å². The van der Waals surface area contributed by atoms with Crippen LogP contribution in [0.2, 0.25) is 0 Å². The van der Waals surface area contributed by atoms with Gasteiger partial charge in [0.2, 0.25) is 5.13 Å². The first-order valence-electron chi connectivity index (χ1n) is 12.1. The molecule has 0 saturated carbocycles. The molecule has 3 heterocycles. The number of anilines is 1. The minimum atomic E-state index is -0.939. The predicted molar refractivity (Wildman–Crippen MR) is 138 cm³/mol. The van der Waals surface area contributed by atoms with Crippen molar-refractivity contribution in [2.24, 2.45) is 0 Å². The number of fused-ring (bicyclic) bond motifs is 1. The Bertz CT molecular complexity index is 1410. The summed E-state index contributed by atoms with van der Waals surface area (Å²) >= 11 is 1.19. The van der Waals surface area contributed by atoms with Gasteiger partial charge < -0.3 is 19.3 Å². The summed E-state index contributed by atoms with van der Waals surface area (Å²) in [7, 11) is 0. The van der Waals surface area contributed by atoms with Gasteiger partial charge in [0.15, 0.2) is 11.5 Å². The zero-order chi connectivity index (χ0) is 26.3. The van der Waals surface area contributed by atoms with Crippen LogP contribution in [0.5, 0.6) is 17.2 Å². The van der Waals surface area contributed by atoms with Crippen molar-refractivity contribution in [2.75, 3.05) is 18.1 Å². The molecule has 1 fully saturated rings. The molecule has 1 N–H and O–H groups in total. The van der Waals surface area contributed by atoms with Crippen LogP contribution in [0, 0.1) is 6.92 Å². The van der Waals surface area contributed by atoms with Crippen molar-refractivity contribution in [1.29, 1.82) is 0 Å². The van der Waals surface area contributed by atoms with Gasteiger partial charge in [0.05, 0.1) is 24.8 Å². The van der Waals surface area contributed by atoms with Gasteiger partial charge in [-0.1, -0.05) is 17.4 Å². The number of Topliss-reactive ketones (excluding diaryl/α,β-unsaturated/α-hetero) is 1.